The zero-order valence-electron chi connectivity index (χ0n) is 9.81. The van der Waals surface area contributed by atoms with Gasteiger partial charge in [-0.3, -0.25) is 14.3 Å². The summed E-state index contributed by atoms with van der Waals surface area (Å²) in [6, 6.07) is 0. The third-order valence-electron chi connectivity index (χ3n) is 2.93. The van der Waals surface area contributed by atoms with E-state index >= 15 is 0 Å². The Bertz CT molecular complexity index is 611. The molecule has 2 rings (SSSR count). The van der Waals surface area contributed by atoms with E-state index in [-0.39, 0.29) is 17.9 Å². The molecule has 2 heterocycles. The summed E-state index contributed by atoms with van der Waals surface area (Å²) >= 11 is 8.75. The minimum Gasteiger partial charge on any atom is -0.390 e. The van der Waals surface area contributed by atoms with Gasteiger partial charge in [-0.2, -0.15) is 0 Å². The van der Waals surface area contributed by atoms with Gasteiger partial charge in [0.05, 0.1) is 23.7 Å². The van der Waals surface area contributed by atoms with Gasteiger partial charge in [0, 0.05) is 17.1 Å². The van der Waals surface area contributed by atoms with Gasteiger partial charge in [-0.05, 0) is 0 Å². The number of aliphatic hydroxyl groups is 1. The number of alkyl halides is 1. The van der Waals surface area contributed by atoms with Crippen LogP contribution in [0, 0.1) is 0 Å². The van der Waals surface area contributed by atoms with Crippen molar-refractivity contribution in [2.75, 3.05) is 5.88 Å². The smallest absolute Gasteiger partial charge is 0.330 e. The largest absolute Gasteiger partial charge is 0.390 e. The Kier molecular flexibility index (Phi) is 4.29. The lowest BCUT2D eigenvalue weighted by Gasteiger charge is -2.15. The van der Waals surface area contributed by atoms with E-state index in [2.05, 4.69) is 27.5 Å². The first-order valence-corrected chi connectivity index (χ1v) is 6.86. The number of nitrogens with one attached hydrogen (secondary N) is 1. The Balaban J connectivity index is 2.41. The van der Waals surface area contributed by atoms with Crippen LogP contribution in [0.25, 0.3) is 4.48 Å². The molecule has 0 spiro atoms. The van der Waals surface area contributed by atoms with Gasteiger partial charge in [0.1, 0.15) is 6.23 Å². The van der Waals surface area contributed by atoms with Crippen molar-refractivity contribution in [2.45, 2.75) is 24.9 Å². The van der Waals surface area contributed by atoms with Crippen molar-refractivity contribution in [2.24, 2.45) is 0 Å². The number of aliphatic hydroxyl groups excluding tert-OH is 1. The zero-order chi connectivity index (χ0) is 14.2. The summed E-state index contributed by atoms with van der Waals surface area (Å²) in [4.78, 5) is 25.5. The Labute approximate surface area is 121 Å². The molecule has 19 heavy (non-hydrogen) atoms. The van der Waals surface area contributed by atoms with Gasteiger partial charge in [0.2, 0.25) is 0 Å². The van der Waals surface area contributed by atoms with Gasteiger partial charge in [-0.15, -0.1) is 11.6 Å². The summed E-state index contributed by atoms with van der Waals surface area (Å²) in [7, 11) is 0. The molecule has 0 unspecified atom stereocenters. The molecular formula is C11H12BrClN2O4. The maximum absolute atomic E-state index is 11.8. The first kappa shape index (κ1) is 14.5. The molecule has 1 aliphatic heterocycles. The predicted octanol–water partition coefficient (Wildman–Crippen LogP) is 0.789. The molecule has 1 fully saturated rings. The van der Waals surface area contributed by atoms with Gasteiger partial charge >= 0.3 is 5.69 Å². The van der Waals surface area contributed by atoms with E-state index in [1.807, 2.05) is 0 Å². The van der Waals surface area contributed by atoms with Crippen LogP contribution in [0.2, 0.25) is 0 Å². The van der Waals surface area contributed by atoms with Crippen molar-refractivity contribution in [3.8, 4) is 0 Å². The van der Waals surface area contributed by atoms with Crippen LogP contribution in [0.3, 0.4) is 0 Å². The van der Waals surface area contributed by atoms with Crippen LogP contribution in [0.1, 0.15) is 18.2 Å². The lowest BCUT2D eigenvalue weighted by atomic mass is 10.2. The molecule has 0 saturated carbocycles. The first-order chi connectivity index (χ1) is 8.93. The van der Waals surface area contributed by atoms with E-state index in [0.29, 0.717) is 4.48 Å². The number of aromatic nitrogens is 2. The molecule has 0 radical (unpaired) electrons. The fraction of sp³-hybridized carbons (Fsp3) is 0.455. The summed E-state index contributed by atoms with van der Waals surface area (Å²) in [6.45, 7) is 3.60. The third kappa shape index (κ3) is 2.84. The molecule has 1 aromatic heterocycles. The maximum atomic E-state index is 11.8. The molecule has 0 aliphatic carbocycles. The highest BCUT2D eigenvalue weighted by Crippen LogP contribution is 2.28. The van der Waals surface area contributed by atoms with Gasteiger partial charge in [-0.25, -0.2) is 4.79 Å². The second-order valence-electron chi connectivity index (χ2n) is 4.20. The number of hydrogen-bond donors (Lipinski definition) is 2. The number of H-pyrrole nitrogens is 1. The second-order valence-corrected chi connectivity index (χ2v) is 5.47. The monoisotopic (exact) mass is 350 g/mol. The molecule has 8 heteroatoms. The molecule has 1 aliphatic rings. The molecule has 0 amide bonds. The van der Waals surface area contributed by atoms with E-state index in [1.165, 1.54) is 10.8 Å². The number of halogens is 2. The summed E-state index contributed by atoms with van der Waals surface area (Å²) in [5.41, 5.74) is -0.905. The topological polar surface area (TPSA) is 84.3 Å². The Morgan fingerprint density at radius 3 is 2.89 bits per heavy atom. The highest BCUT2D eigenvalue weighted by molar-refractivity contribution is 9.15. The van der Waals surface area contributed by atoms with Crippen LogP contribution in [0.15, 0.2) is 22.4 Å². The van der Waals surface area contributed by atoms with Crippen molar-refractivity contribution < 1.29 is 9.84 Å². The molecule has 0 aromatic carbocycles. The van der Waals surface area contributed by atoms with Crippen molar-refractivity contribution in [3.63, 3.8) is 0 Å². The van der Waals surface area contributed by atoms with E-state index in [4.69, 9.17) is 16.3 Å². The van der Waals surface area contributed by atoms with E-state index in [9.17, 15) is 14.7 Å². The SMILES string of the molecule is C=C(Br)c1cn([C@H]2C[C@H](O)[C@@H](CCl)O2)c(=O)[nH]c1=O. The quantitative estimate of drug-likeness (QED) is 0.789. The number of hydrogen-bond acceptors (Lipinski definition) is 4. The minimum atomic E-state index is -0.739. The molecule has 1 saturated heterocycles. The third-order valence-corrected chi connectivity index (χ3v) is 3.66. The van der Waals surface area contributed by atoms with E-state index < -0.39 is 29.7 Å². The standard InChI is InChI=1S/C11H12BrClN2O4/c1-5(12)6-4-15(11(18)14-10(6)17)9-2-7(16)8(3-13)19-9/h4,7-9,16H,1-3H2,(H,14,17,18)/t7-,8+,9+/m0/s1. The molecule has 104 valence electrons. The Morgan fingerprint density at radius 2 is 2.37 bits per heavy atom. The summed E-state index contributed by atoms with van der Waals surface area (Å²) in [6.07, 6.45) is -0.337. The van der Waals surface area contributed by atoms with Gasteiger partial charge in [0.25, 0.3) is 5.56 Å². The Morgan fingerprint density at radius 1 is 1.68 bits per heavy atom. The number of aromatic amines is 1. The van der Waals surface area contributed by atoms with Crippen LogP contribution in [-0.2, 0) is 4.74 Å². The lowest BCUT2D eigenvalue weighted by Crippen LogP contribution is -2.33. The van der Waals surface area contributed by atoms with Gasteiger partial charge in [0.15, 0.2) is 0 Å². The fourth-order valence-electron chi connectivity index (χ4n) is 1.92. The van der Waals surface area contributed by atoms with Crippen LogP contribution >= 0.6 is 27.5 Å². The van der Waals surface area contributed by atoms with E-state index in [0.717, 1.165) is 0 Å². The van der Waals surface area contributed by atoms with Crippen LogP contribution in [0.4, 0.5) is 0 Å². The zero-order valence-corrected chi connectivity index (χ0v) is 12.1. The first-order valence-electron chi connectivity index (χ1n) is 5.53. The van der Waals surface area contributed by atoms with Crippen LogP contribution in [0.5, 0.6) is 0 Å². The van der Waals surface area contributed by atoms with Gasteiger partial charge < -0.3 is 9.84 Å². The van der Waals surface area contributed by atoms with Crippen molar-refractivity contribution in [1.82, 2.24) is 9.55 Å². The summed E-state index contributed by atoms with van der Waals surface area (Å²) in [5, 5.41) is 9.72. The highest BCUT2D eigenvalue weighted by Gasteiger charge is 2.35. The van der Waals surface area contributed by atoms with Crippen LogP contribution in [-0.4, -0.2) is 32.7 Å². The molecular weight excluding hydrogens is 339 g/mol. The number of ether oxygens (including phenoxy) is 1. The Hall–Kier alpha value is -0.890. The molecule has 2 N–H and O–H groups in total. The maximum Gasteiger partial charge on any atom is 0.330 e. The van der Waals surface area contributed by atoms with Crippen molar-refractivity contribution >= 4 is 32.0 Å². The molecule has 1 aromatic rings. The number of nitrogens with zero attached hydrogens (tertiary/aromatic N) is 1. The predicted molar refractivity (Wildman–Crippen MR) is 74.5 cm³/mol. The number of rotatable bonds is 3. The molecule has 3 atom stereocenters. The summed E-state index contributed by atoms with van der Waals surface area (Å²) < 4.78 is 7.06. The average Bonchev–Trinajstić information content (AvgIpc) is 2.69. The molecule has 0 bridgehead atoms. The van der Waals surface area contributed by atoms with Crippen LogP contribution < -0.4 is 11.2 Å². The highest BCUT2D eigenvalue weighted by atomic mass is 79.9. The minimum absolute atomic E-state index is 0.133. The van der Waals surface area contributed by atoms with Gasteiger partial charge in [-0.1, -0.05) is 22.5 Å². The summed E-state index contributed by atoms with van der Waals surface area (Å²) in [5.74, 6) is 0.133. The molecule has 6 nitrogen and oxygen atoms in total. The fourth-order valence-corrected chi connectivity index (χ4v) is 2.48. The average molecular weight is 352 g/mol. The van der Waals surface area contributed by atoms with Crippen molar-refractivity contribution in [1.29, 1.82) is 0 Å². The van der Waals surface area contributed by atoms with Crippen molar-refractivity contribution in [3.05, 3.63) is 39.2 Å². The lowest BCUT2D eigenvalue weighted by molar-refractivity contribution is -0.00828. The normalized spacial score (nSPS) is 26.6. The van der Waals surface area contributed by atoms with E-state index in [1.54, 1.807) is 0 Å². The second kappa shape index (κ2) is 5.62.